The predicted molar refractivity (Wildman–Crippen MR) is 105 cm³/mol. The lowest BCUT2D eigenvalue weighted by Gasteiger charge is -2.19. The summed E-state index contributed by atoms with van der Waals surface area (Å²) in [6, 6.07) is 7.08. The minimum atomic E-state index is -0.548. The van der Waals surface area contributed by atoms with E-state index in [0.717, 1.165) is 11.3 Å². The lowest BCUT2D eigenvalue weighted by molar-refractivity contribution is -0.115. The number of carbonyl (C=O) groups is 2. The average Bonchev–Trinajstić information content (AvgIpc) is 2.96. The van der Waals surface area contributed by atoms with Crippen molar-refractivity contribution in [3.05, 3.63) is 40.9 Å². The van der Waals surface area contributed by atoms with Gasteiger partial charge in [-0.05, 0) is 44.4 Å². The molecule has 1 aromatic heterocycles. The zero-order valence-electron chi connectivity index (χ0n) is 15.8. The molecule has 140 valence electrons. The highest BCUT2D eigenvalue weighted by atomic mass is 32.1. The Kier molecular flexibility index (Phi) is 6.37. The molecule has 26 heavy (non-hydrogen) atoms. The van der Waals surface area contributed by atoms with E-state index >= 15 is 0 Å². The summed E-state index contributed by atoms with van der Waals surface area (Å²) in [4.78, 5) is 28.3. The molecule has 0 aliphatic heterocycles. The first-order valence-corrected chi connectivity index (χ1v) is 9.34. The second kappa shape index (κ2) is 8.31. The molecule has 2 rings (SSSR count). The number of hydrogen-bond donors (Lipinski definition) is 2. The van der Waals surface area contributed by atoms with Crippen molar-refractivity contribution in [3.63, 3.8) is 0 Å². The number of amides is 2. The monoisotopic (exact) mass is 375 g/mol. The van der Waals surface area contributed by atoms with Crippen molar-refractivity contribution in [2.45, 2.75) is 52.6 Å². The average molecular weight is 375 g/mol. The number of thiazole rings is 1. The highest BCUT2D eigenvalue weighted by Gasteiger charge is 2.16. The predicted octanol–water partition coefficient (Wildman–Crippen LogP) is 4.79. The van der Waals surface area contributed by atoms with E-state index in [2.05, 4.69) is 29.5 Å². The molecule has 0 spiro atoms. The molecule has 0 bridgehead atoms. The number of nitrogens with one attached hydrogen (secondary N) is 2. The normalized spacial score (nSPS) is 11.3. The molecule has 2 aromatic rings. The smallest absolute Gasteiger partial charge is 0.412 e. The molecular weight excluding hydrogens is 350 g/mol. The van der Waals surface area contributed by atoms with Crippen LogP contribution in [0.4, 0.5) is 15.6 Å². The van der Waals surface area contributed by atoms with Crippen LogP contribution in [0.1, 0.15) is 51.8 Å². The first-order chi connectivity index (χ1) is 12.1. The van der Waals surface area contributed by atoms with Crippen LogP contribution in [0.25, 0.3) is 0 Å². The SMILES string of the molecule is CC(C)c1csc(NC(=O)Cc2ccc(NC(=O)OC(C)(C)C)cc2)n1. The van der Waals surface area contributed by atoms with Gasteiger partial charge in [-0.2, -0.15) is 0 Å². The maximum absolute atomic E-state index is 12.1. The van der Waals surface area contributed by atoms with Crippen LogP contribution in [-0.4, -0.2) is 22.6 Å². The van der Waals surface area contributed by atoms with Crippen LogP contribution in [0, 0.1) is 0 Å². The third-order valence-electron chi connectivity index (χ3n) is 3.32. The van der Waals surface area contributed by atoms with Crippen LogP contribution in [0.2, 0.25) is 0 Å². The number of benzene rings is 1. The molecule has 0 saturated heterocycles. The molecular formula is C19H25N3O3S. The van der Waals surface area contributed by atoms with Crippen LogP contribution in [0.15, 0.2) is 29.6 Å². The molecule has 7 heteroatoms. The van der Waals surface area contributed by atoms with Gasteiger partial charge in [0.15, 0.2) is 5.13 Å². The standard InChI is InChI=1S/C19H25N3O3S/c1-12(2)15-11-26-17(21-15)22-16(23)10-13-6-8-14(9-7-13)20-18(24)25-19(3,4)5/h6-9,11-12H,10H2,1-5H3,(H,20,24)(H,21,22,23). The van der Waals surface area contributed by atoms with Crippen molar-refractivity contribution in [1.29, 1.82) is 0 Å². The van der Waals surface area contributed by atoms with Gasteiger partial charge in [-0.15, -0.1) is 11.3 Å². The number of carbonyl (C=O) groups excluding carboxylic acids is 2. The Morgan fingerprint density at radius 1 is 1.15 bits per heavy atom. The van der Waals surface area contributed by atoms with Crippen LogP contribution >= 0.6 is 11.3 Å². The van der Waals surface area contributed by atoms with E-state index in [1.807, 2.05) is 5.38 Å². The van der Waals surface area contributed by atoms with Crippen LogP contribution in [0.3, 0.4) is 0 Å². The summed E-state index contributed by atoms with van der Waals surface area (Å²) >= 11 is 1.43. The van der Waals surface area contributed by atoms with Crippen molar-refractivity contribution in [2.24, 2.45) is 0 Å². The second-order valence-corrected chi connectivity index (χ2v) is 8.14. The third kappa shape index (κ3) is 6.48. The number of nitrogens with zero attached hydrogens (tertiary/aromatic N) is 1. The largest absolute Gasteiger partial charge is 0.444 e. The van der Waals surface area contributed by atoms with Gasteiger partial charge in [0.1, 0.15) is 5.60 Å². The van der Waals surface area contributed by atoms with Gasteiger partial charge in [0.25, 0.3) is 0 Å². The summed E-state index contributed by atoms with van der Waals surface area (Å²) in [7, 11) is 0. The van der Waals surface area contributed by atoms with Gasteiger partial charge in [-0.3, -0.25) is 10.1 Å². The lowest BCUT2D eigenvalue weighted by atomic mass is 10.1. The highest BCUT2D eigenvalue weighted by molar-refractivity contribution is 7.13. The van der Waals surface area contributed by atoms with Gasteiger partial charge in [0, 0.05) is 11.1 Å². The zero-order valence-corrected chi connectivity index (χ0v) is 16.6. The molecule has 0 atom stereocenters. The van der Waals surface area contributed by atoms with Crippen molar-refractivity contribution >= 4 is 34.2 Å². The Morgan fingerprint density at radius 3 is 2.35 bits per heavy atom. The van der Waals surface area contributed by atoms with E-state index in [1.165, 1.54) is 11.3 Å². The number of ether oxygens (including phenoxy) is 1. The van der Waals surface area contributed by atoms with Crippen molar-refractivity contribution < 1.29 is 14.3 Å². The van der Waals surface area contributed by atoms with Crippen molar-refractivity contribution in [3.8, 4) is 0 Å². The number of aromatic nitrogens is 1. The molecule has 2 amide bonds. The minimum Gasteiger partial charge on any atom is -0.444 e. The van der Waals surface area contributed by atoms with Crippen LogP contribution in [0.5, 0.6) is 0 Å². The summed E-state index contributed by atoms with van der Waals surface area (Å²) in [5.41, 5.74) is 1.89. The van der Waals surface area contributed by atoms with Gasteiger partial charge < -0.3 is 10.1 Å². The first-order valence-electron chi connectivity index (χ1n) is 8.46. The van der Waals surface area contributed by atoms with E-state index < -0.39 is 11.7 Å². The van der Waals surface area contributed by atoms with Crippen LogP contribution in [-0.2, 0) is 16.0 Å². The Bertz CT molecular complexity index is 761. The zero-order chi connectivity index (χ0) is 19.3. The molecule has 0 fully saturated rings. The number of hydrogen-bond acceptors (Lipinski definition) is 5. The van der Waals surface area contributed by atoms with Gasteiger partial charge in [-0.1, -0.05) is 26.0 Å². The van der Waals surface area contributed by atoms with E-state index in [9.17, 15) is 9.59 Å². The fraction of sp³-hybridized carbons (Fsp3) is 0.421. The van der Waals surface area contributed by atoms with Gasteiger partial charge in [0.2, 0.25) is 5.91 Å². The Labute approximate surface area is 158 Å². The summed E-state index contributed by atoms with van der Waals surface area (Å²) < 4.78 is 5.20. The third-order valence-corrected chi connectivity index (χ3v) is 4.10. The molecule has 0 aliphatic carbocycles. The lowest BCUT2D eigenvalue weighted by Crippen LogP contribution is -2.27. The summed E-state index contributed by atoms with van der Waals surface area (Å²) in [5, 5.41) is 8.05. The molecule has 0 radical (unpaired) electrons. The van der Waals surface area contributed by atoms with Crippen molar-refractivity contribution in [1.82, 2.24) is 4.98 Å². The Balaban J connectivity index is 1.87. The van der Waals surface area contributed by atoms with E-state index in [4.69, 9.17) is 4.74 Å². The Morgan fingerprint density at radius 2 is 1.81 bits per heavy atom. The second-order valence-electron chi connectivity index (χ2n) is 7.28. The quantitative estimate of drug-likeness (QED) is 0.787. The Hall–Kier alpha value is -2.41. The fourth-order valence-corrected chi connectivity index (χ4v) is 2.97. The van der Waals surface area contributed by atoms with E-state index in [-0.39, 0.29) is 12.3 Å². The fourth-order valence-electron chi connectivity index (χ4n) is 2.08. The van der Waals surface area contributed by atoms with Crippen molar-refractivity contribution in [2.75, 3.05) is 10.6 Å². The molecule has 0 aliphatic rings. The van der Waals surface area contributed by atoms with Gasteiger partial charge in [0.05, 0.1) is 12.1 Å². The van der Waals surface area contributed by atoms with Gasteiger partial charge >= 0.3 is 6.09 Å². The maximum Gasteiger partial charge on any atom is 0.412 e. The number of anilines is 2. The van der Waals surface area contributed by atoms with Crippen LogP contribution < -0.4 is 10.6 Å². The van der Waals surface area contributed by atoms with E-state index in [0.29, 0.717) is 16.7 Å². The van der Waals surface area contributed by atoms with E-state index in [1.54, 1.807) is 45.0 Å². The molecule has 6 nitrogen and oxygen atoms in total. The molecule has 0 saturated carbocycles. The first kappa shape index (κ1) is 19.9. The molecule has 0 unspecified atom stereocenters. The highest BCUT2D eigenvalue weighted by Crippen LogP contribution is 2.21. The summed E-state index contributed by atoms with van der Waals surface area (Å²) in [6.45, 7) is 9.55. The maximum atomic E-state index is 12.1. The van der Waals surface area contributed by atoms with Gasteiger partial charge in [-0.25, -0.2) is 9.78 Å². The molecule has 1 heterocycles. The summed E-state index contributed by atoms with van der Waals surface area (Å²) in [5.74, 6) is 0.212. The molecule has 2 N–H and O–H groups in total. The topological polar surface area (TPSA) is 80.3 Å². The number of rotatable bonds is 5. The minimum absolute atomic E-state index is 0.123. The molecule has 1 aromatic carbocycles. The summed E-state index contributed by atoms with van der Waals surface area (Å²) in [6.07, 6.45) is -0.267.